The van der Waals surface area contributed by atoms with Crippen LogP contribution in [0.3, 0.4) is 0 Å². The summed E-state index contributed by atoms with van der Waals surface area (Å²) in [5, 5.41) is 5.46. The van der Waals surface area contributed by atoms with Crippen molar-refractivity contribution in [1.29, 1.82) is 0 Å². The second-order valence-electron chi connectivity index (χ2n) is 9.17. The van der Waals surface area contributed by atoms with Crippen LogP contribution >= 0.6 is 11.6 Å². The number of carbonyl (C=O) groups is 4. The molecule has 4 rings (SSSR count). The van der Waals surface area contributed by atoms with E-state index in [1.165, 1.54) is 18.2 Å². The van der Waals surface area contributed by atoms with Crippen LogP contribution in [0.15, 0.2) is 77.5 Å². The highest BCUT2D eigenvalue weighted by molar-refractivity contribution is 6.53. The van der Waals surface area contributed by atoms with Crippen LogP contribution < -0.4 is 15.5 Å². The molecule has 0 radical (unpaired) electrons. The van der Waals surface area contributed by atoms with Gasteiger partial charge in [0.25, 0.3) is 17.7 Å². The van der Waals surface area contributed by atoms with Crippen LogP contribution in [-0.2, 0) is 14.3 Å². The number of hydrogen-bond donors (Lipinski definition) is 2. The third kappa shape index (κ3) is 5.76. The SMILES string of the molecule is Cc1cc(C)cc(NC(=O)c2ccc(NC3=C(Cl)C(=O)N(c4cccc(C(=O)OC(C)C)c4)C3=O)cc2)c1. The number of esters is 1. The van der Waals surface area contributed by atoms with Gasteiger partial charge in [-0.25, -0.2) is 9.69 Å². The van der Waals surface area contributed by atoms with Crippen molar-refractivity contribution in [3.63, 3.8) is 0 Å². The van der Waals surface area contributed by atoms with Gasteiger partial charge in [0, 0.05) is 16.9 Å². The number of anilines is 3. The molecule has 194 valence electrons. The fraction of sp³-hybridized carbons (Fsp3) is 0.172. The number of nitrogens with one attached hydrogen (secondary N) is 2. The summed E-state index contributed by atoms with van der Waals surface area (Å²) in [5.74, 6) is -2.25. The van der Waals surface area contributed by atoms with Crippen molar-refractivity contribution < 1.29 is 23.9 Å². The number of carbonyl (C=O) groups excluding carboxylic acids is 4. The van der Waals surface area contributed by atoms with E-state index in [-0.39, 0.29) is 34.0 Å². The maximum absolute atomic E-state index is 13.1. The molecular weight excluding hydrogens is 506 g/mol. The summed E-state index contributed by atoms with van der Waals surface area (Å²) < 4.78 is 5.19. The van der Waals surface area contributed by atoms with Gasteiger partial charge in [0.2, 0.25) is 0 Å². The lowest BCUT2D eigenvalue weighted by Gasteiger charge is -2.16. The normalized spacial score (nSPS) is 13.3. The molecule has 38 heavy (non-hydrogen) atoms. The number of halogens is 1. The maximum Gasteiger partial charge on any atom is 0.338 e. The zero-order chi connectivity index (χ0) is 27.6. The maximum atomic E-state index is 13.1. The van der Waals surface area contributed by atoms with E-state index in [0.29, 0.717) is 16.9 Å². The molecule has 0 fully saturated rings. The van der Waals surface area contributed by atoms with Crippen molar-refractivity contribution in [1.82, 2.24) is 0 Å². The first kappa shape index (κ1) is 26.6. The van der Waals surface area contributed by atoms with Crippen molar-refractivity contribution in [2.45, 2.75) is 33.8 Å². The summed E-state index contributed by atoms with van der Waals surface area (Å²) in [6.07, 6.45) is -0.322. The number of amides is 3. The zero-order valence-electron chi connectivity index (χ0n) is 21.3. The van der Waals surface area contributed by atoms with Gasteiger partial charge in [-0.2, -0.15) is 0 Å². The lowest BCUT2D eigenvalue weighted by molar-refractivity contribution is -0.120. The molecule has 0 saturated heterocycles. The first-order valence-electron chi connectivity index (χ1n) is 11.9. The number of ether oxygens (including phenoxy) is 1. The zero-order valence-corrected chi connectivity index (χ0v) is 22.1. The molecule has 9 heteroatoms. The summed E-state index contributed by atoms with van der Waals surface area (Å²) in [6, 6.07) is 18.2. The van der Waals surface area contributed by atoms with E-state index in [1.54, 1.807) is 44.2 Å². The number of benzene rings is 3. The monoisotopic (exact) mass is 531 g/mol. The molecule has 0 atom stereocenters. The van der Waals surface area contributed by atoms with Gasteiger partial charge in [-0.05, 0) is 93.4 Å². The highest BCUT2D eigenvalue weighted by Gasteiger charge is 2.39. The molecule has 3 amide bonds. The van der Waals surface area contributed by atoms with Crippen molar-refractivity contribution in [2.75, 3.05) is 15.5 Å². The number of nitrogens with zero attached hydrogens (tertiary/aromatic N) is 1. The van der Waals surface area contributed by atoms with Gasteiger partial charge < -0.3 is 15.4 Å². The minimum atomic E-state index is -0.724. The number of hydrogen-bond acceptors (Lipinski definition) is 6. The molecule has 8 nitrogen and oxygen atoms in total. The summed E-state index contributed by atoms with van der Waals surface area (Å²) >= 11 is 6.24. The van der Waals surface area contributed by atoms with Gasteiger partial charge >= 0.3 is 5.97 Å². The number of rotatable bonds is 7. The second kappa shape index (κ2) is 10.9. The van der Waals surface area contributed by atoms with E-state index in [9.17, 15) is 19.2 Å². The van der Waals surface area contributed by atoms with Crippen LogP contribution in [0.5, 0.6) is 0 Å². The molecule has 1 aliphatic heterocycles. The molecule has 1 aliphatic rings. The van der Waals surface area contributed by atoms with Crippen LogP contribution in [0.2, 0.25) is 0 Å². The fourth-order valence-corrected chi connectivity index (χ4v) is 4.21. The minimum absolute atomic E-state index is 0.112. The predicted octanol–water partition coefficient (Wildman–Crippen LogP) is 5.56. The average Bonchev–Trinajstić information content (AvgIpc) is 3.06. The summed E-state index contributed by atoms with van der Waals surface area (Å²) in [7, 11) is 0. The van der Waals surface area contributed by atoms with E-state index in [1.807, 2.05) is 32.0 Å². The quantitative estimate of drug-likeness (QED) is 0.305. The molecular formula is C29H26ClN3O5. The lowest BCUT2D eigenvalue weighted by Crippen LogP contribution is -2.32. The Morgan fingerprint density at radius 3 is 2.13 bits per heavy atom. The standard InChI is InChI=1S/C29H26ClN3O5/c1-16(2)38-29(37)20-6-5-7-23(15-20)33-27(35)24(30)25(28(33)36)31-21-10-8-19(9-11-21)26(34)32-22-13-17(3)12-18(4)14-22/h5-16,31H,1-4H3,(H,32,34). The van der Waals surface area contributed by atoms with Gasteiger partial charge in [-0.3, -0.25) is 14.4 Å². The van der Waals surface area contributed by atoms with Crippen LogP contribution in [0.4, 0.5) is 17.1 Å². The number of imide groups is 1. The van der Waals surface area contributed by atoms with Crippen LogP contribution in [0, 0.1) is 13.8 Å². The Morgan fingerprint density at radius 1 is 0.842 bits per heavy atom. The van der Waals surface area contributed by atoms with Crippen LogP contribution in [0.25, 0.3) is 0 Å². The Kier molecular flexibility index (Phi) is 7.64. The average molecular weight is 532 g/mol. The van der Waals surface area contributed by atoms with Gasteiger partial charge in [-0.1, -0.05) is 23.7 Å². The molecule has 0 aliphatic carbocycles. The van der Waals surface area contributed by atoms with Crippen LogP contribution in [-0.4, -0.2) is 29.8 Å². The van der Waals surface area contributed by atoms with E-state index < -0.39 is 17.8 Å². The largest absolute Gasteiger partial charge is 0.459 e. The second-order valence-corrected chi connectivity index (χ2v) is 9.55. The fourth-order valence-electron chi connectivity index (χ4n) is 4.00. The van der Waals surface area contributed by atoms with Gasteiger partial charge in [-0.15, -0.1) is 0 Å². The topological polar surface area (TPSA) is 105 Å². The Labute approximate surface area is 225 Å². The van der Waals surface area contributed by atoms with E-state index >= 15 is 0 Å². The summed E-state index contributed by atoms with van der Waals surface area (Å²) in [4.78, 5) is 51.8. The smallest absolute Gasteiger partial charge is 0.338 e. The van der Waals surface area contributed by atoms with Crippen molar-refractivity contribution in [3.05, 3.63) is 99.7 Å². The van der Waals surface area contributed by atoms with Gasteiger partial charge in [0.15, 0.2) is 0 Å². The van der Waals surface area contributed by atoms with Crippen LogP contribution in [0.1, 0.15) is 45.7 Å². The highest BCUT2D eigenvalue weighted by Crippen LogP contribution is 2.31. The Hall–Kier alpha value is -4.43. The van der Waals surface area contributed by atoms with E-state index in [4.69, 9.17) is 16.3 Å². The first-order chi connectivity index (χ1) is 18.0. The first-order valence-corrected chi connectivity index (χ1v) is 12.3. The molecule has 0 unspecified atom stereocenters. The third-order valence-electron chi connectivity index (χ3n) is 5.61. The van der Waals surface area contributed by atoms with E-state index in [2.05, 4.69) is 10.6 Å². The lowest BCUT2D eigenvalue weighted by atomic mass is 10.1. The van der Waals surface area contributed by atoms with Crippen molar-refractivity contribution >= 4 is 52.4 Å². The Morgan fingerprint density at radius 2 is 1.50 bits per heavy atom. The van der Waals surface area contributed by atoms with Gasteiger partial charge in [0.1, 0.15) is 10.7 Å². The van der Waals surface area contributed by atoms with Gasteiger partial charge in [0.05, 0.1) is 17.4 Å². The molecule has 3 aromatic rings. The Bertz CT molecular complexity index is 1460. The molecule has 0 bridgehead atoms. The third-order valence-corrected chi connectivity index (χ3v) is 5.96. The molecule has 0 aromatic heterocycles. The van der Waals surface area contributed by atoms with Crippen molar-refractivity contribution in [2.24, 2.45) is 0 Å². The van der Waals surface area contributed by atoms with Crippen molar-refractivity contribution in [3.8, 4) is 0 Å². The molecule has 3 aromatic carbocycles. The Balaban J connectivity index is 1.48. The molecule has 2 N–H and O–H groups in total. The van der Waals surface area contributed by atoms with E-state index in [0.717, 1.165) is 16.0 Å². The molecule has 1 heterocycles. The molecule has 0 spiro atoms. The minimum Gasteiger partial charge on any atom is -0.459 e. The molecule has 0 saturated carbocycles. The highest BCUT2D eigenvalue weighted by atomic mass is 35.5. The number of aryl methyl sites for hydroxylation is 2. The summed E-state index contributed by atoms with van der Waals surface area (Å²) in [5.41, 5.74) is 3.92. The predicted molar refractivity (Wildman–Crippen MR) is 146 cm³/mol. The summed E-state index contributed by atoms with van der Waals surface area (Å²) in [6.45, 7) is 7.36.